The molecule has 0 aliphatic carbocycles. The van der Waals surface area contributed by atoms with Crippen molar-refractivity contribution in [1.82, 2.24) is 20.1 Å². The SMILES string of the molecule is CC(C)Cn1ncc2cc(C(=O)NCc3ccccc3CO)cnc21. The minimum atomic E-state index is -0.196. The first-order chi connectivity index (χ1) is 12.1. The third-order valence-electron chi connectivity index (χ3n) is 4.00. The maximum atomic E-state index is 12.4. The summed E-state index contributed by atoms with van der Waals surface area (Å²) in [4.78, 5) is 16.8. The fraction of sp³-hybridized carbons (Fsp3) is 0.316. The maximum Gasteiger partial charge on any atom is 0.253 e. The first-order valence-corrected chi connectivity index (χ1v) is 8.36. The molecule has 2 aromatic heterocycles. The summed E-state index contributed by atoms with van der Waals surface area (Å²) in [5, 5.41) is 17.4. The van der Waals surface area contributed by atoms with Crippen molar-refractivity contribution in [1.29, 1.82) is 0 Å². The van der Waals surface area contributed by atoms with Gasteiger partial charge in [0.15, 0.2) is 5.65 Å². The van der Waals surface area contributed by atoms with Gasteiger partial charge < -0.3 is 10.4 Å². The number of aliphatic hydroxyl groups is 1. The van der Waals surface area contributed by atoms with Gasteiger partial charge in [-0.15, -0.1) is 0 Å². The molecule has 0 bridgehead atoms. The molecule has 0 unspecified atom stereocenters. The van der Waals surface area contributed by atoms with Gasteiger partial charge in [-0.05, 0) is 23.1 Å². The summed E-state index contributed by atoms with van der Waals surface area (Å²) < 4.78 is 1.86. The zero-order chi connectivity index (χ0) is 17.8. The third kappa shape index (κ3) is 3.85. The fourth-order valence-corrected chi connectivity index (χ4v) is 2.74. The van der Waals surface area contributed by atoms with Crippen molar-refractivity contribution in [2.45, 2.75) is 33.5 Å². The highest BCUT2D eigenvalue weighted by Gasteiger charge is 2.11. The number of nitrogens with one attached hydrogen (secondary N) is 1. The quantitative estimate of drug-likeness (QED) is 0.724. The van der Waals surface area contributed by atoms with Crippen molar-refractivity contribution < 1.29 is 9.90 Å². The summed E-state index contributed by atoms with van der Waals surface area (Å²) in [7, 11) is 0. The molecule has 0 fully saturated rings. The molecule has 1 amide bonds. The molecule has 2 heterocycles. The topological polar surface area (TPSA) is 80.0 Å². The molecular formula is C19H22N4O2. The summed E-state index contributed by atoms with van der Waals surface area (Å²) in [5.41, 5.74) is 3.00. The number of aromatic nitrogens is 3. The zero-order valence-corrected chi connectivity index (χ0v) is 14.4. The van der Waals surface area contributed by atoms with Gasteiger partial charge in [0.1, 0.15) is 0 Å². The summed E-state index contributed by atoms with van der Waals surface area (Å²) in [6.07, 6.45) is 3.32. The van der Waals surface area contributed by atoms with Crippen molar-refractivity contribution in [2.24, 2.45) is 5.92 Å². The van der Waals surface area contributed by atoms with Crippen LogP contribution in [0.15, 0.2) is 42.7 Å². The van der Waals surface area contributed by atoms with E-state index in [-0.39, 0.29) is 12.5 Å². The number of hydrogen-bond acceptors (Lipinski definition) is 4. The molecule has 3 rings (SSSR count). The van der Waals surface area contributed by atoms with E-state index in [1.165, 1.54) is 0 Å². The minimum Gasteiger partial charge on any atom is -0.392 e. The maximum absolute atomic E-state index is 12.4. The molecule has 130 valence electrons. The van der Waals surface area contributed by atoms with E-state index in [1.807, 2.05) is 28.9 Å². The fourth-order valence-electron chi connectivity index (χ4n) is 2.74. The van der Waals surface area contributed by atoms with E-state index in [1.54, 1.807) is 18.5 Å². The Bertz CT molecular complexity index is 886. The average molecular weight is 338 g/mol. The van der Waals surface area contributed by atoms with Crippen LogP contribution in [-0.4, -0.2) is 25.8 Å². The van der Waals surface area contributed by atoms with Crippen LogP contribution in [0.3, 0.4) is 0 Å². The predicted octanol–water partition coefficient (Wildman–Crippen LogP) is 2.51. The number of rotatable bonds is 6. The molecule has 6 heteroatoms. The number of carbonyl (C=O) groups is 1. The lowest BCUT2D eigenvalue weighted by molar-refractivity contribution is 0.0950. The Kier molecular flexibility index (Phi) is 5.09. The van der Waals surface area contributed by atoms with E-state index < -0.39 is 0 Å². The molecule has 25 heavy (non-hydrogen) atoms. The van der Waals surface area contributed by atoms with Gasteiger partial charge >= 0.3 is 0 Å². The summed E-state index contributed by atoms with van der Waals surface area (Å²) in [6, 6.07) is 9.29. The summed E-state index contributed by atoms with van der Waals surface area (Å²) in [6.45, 7) is 5.36. The molecule has 0 aliphatic heterocycles. The van der Waals surface area contributed by atoms with E-state index in [9.17, 15) is 9.90 Å². The van der Waals surface area contributed by atoms with Crippen LogP contribution in [0.1, 0.15) is 35.3 Å². The number of carbonyl (C=O) groups excluding carboxylic acids is 1. The number of aliphatic hydroxyl groups excluding tert-OH is 1. The van der Waals surface area contributed by atoms with E-state index in [0.717, 1.165) is 28.7 Å². The Balaban J connectivity index is 1.74. The van der Waals surface area contributed by atoms with Crippen LogP contribution >= 0.6 is 0 Å². The first-order valence-electron chi connectivity index (χ1n) is 8.36. The number of nitrogens with zero attached hydrogens (tertiary/aromatic N) is 3. The van der Waals surface area contributed by atoms with Gasteiger partial charge in [-0.2, -0.15) is 5.10 Å². The van der Waals surface area contributed by atoms with E-state index >= 15 is 0 Å². The third-order valence-corrected chi connectivity index (χ3v) is 4.00. The molecule has 0 saturated heterocycles. The molecule has 2 N–H and O–H groups in total. The highest BCUT2D eigenvalue weighted by Crippen LogP contribution is 2.15. The average Bonchev–Trinajstić information content (AvgIpc) is 3.01. The van der Waals surface area contributed by atoms with Gasteiger partial charge in [-0.25, -0.2) is 9.67 Å². The van der Waals surface area contributed by atoms with Crippen LogP contribution in [0, 0.1) is 5.92 Å². The lowest BCUT2D eigenvalue weighted by Gasteiger charge is -2.09. The van der Waals surface area contributed by atoms with Crippen LogP contribution < -0.4 is 5.32 Å². The molecule has 3 aromatic rings. The van der Waals surface area contributed by atoms with Crippen molar-refractivity contribution in [2.75, 3.05) is 0 Å². The molecule has 0 spiro atoms. The van der Waals surface area contributed by atoms with Crippen LogP contribution in [0.4, 0.5) is 0 Å². The number of pyridine rings is 1. The van der Waals surface area contributed by atoms with Crippen molar-refractivity contribution in [3.05, 3.63) is 59.4 Å². The van der Waals surface area contributed by atoms with Gasteiger partial charge in [0, 0.05) is 24.7 Å². The van der Waals surface area contributed by atoms with Gasteiger partial charge in [0.05, 0.1) is 18.4 Å². The first kappa shape index (κ1) is 17.1. The predicted molar refractivity (Wildman–Crippen MR) is 95.9 cm³/mol. The normalized spacial score (nSPS) is 11.2. The van der Waals surface area contributed by atoms with E-state index in [0.29, 0.717) is 18.0 Å². The van der Waals surface area contributed by atoms with Crippen LogP contribution in [0.5, 0.6) is 0 Å². The molecule has 6 nitrogen and oxygen atoms in total. The number of fused-ring (bicyclic) bond motifs is 1. The zero-order valence-electron chi connectivity index (χ0n) is 14.4. The second kappa shape index (κ2) is 7.44. The number of hydrogen-bond donors (Lipinski definition) is 2. The smallest absolute Gasteiger partial charge is 0.253 e. The van der Waals surface area contributed by atoms with Crippen LogP contribution in [0.25, 0.3) is 11.0 Å². The van der Waals surface area contributed by atoms with Crippen molar-refractivity contribution in [3.8, 4) is 0 Å². The van der Waals surface area contributed by atoms with Gasteiger partial charge in [-0.1, -0.05) is 38.1 Å². The van der Waals surface area contributed by atoms with E-state index in [4.69, 9.17) is 0 Å². The van der Waals surface area contributed by atoms with Crippen LogP contribution in [-0.2, 0) is 19.7 Å². The second-order valence-electron chi connectivity index (χ2n) is 6.47. The Labute approximate surface area is 146 Å². The molecule has 0 saturated carbocycles. The van der Waals surface area contributed by atoms with Crippen molar-refractivity contribution in [3.63, 3.8) is 0 Å². The highest BCUT2D eigenvalue weighted by molar-refractivity contribution is 5.96. The Morgan fingerprint density at radius 3 is 2.72 bits per heavy atom. The summed E-state index contributed by atoms with van der Waals surface area (Å²) >= 11 is 0. The Morgan fingerprint density at radius 2 is 2.00 bits per heavy atom. The Morgan fingerprint density at radius 1 is 1.24 bits per heavy atom. The summed E-state index contributed by atoms with van der Waals surface area (Å²) in [5.74, 6) is 0.276. The molecule has 1 aromatic carbocycles. The van der Waals surface area contributed by atoms with E-state index in [2.05, 4.69) is 29.2 Å². The highest BCUT2D eigenvalue weighted by atomic mass is 16.3. The monoisotopic (exact) mass is 338 g/mol. The van der Waals surface area contributed by atoms with Gasteiger partial charge in [0.25, 0.3) is 5.91 Å². The molecule has 0 radical (unpaired) electrons. The van der Waals surface area contributed by atoms with Crippen molar-refractivity contribution >= 4 is 16.9 Å². The minimum absolute atomic E-state index is 0.0470. The second-order valence-corrected chi connectivity index (χ2v) is 6.47. The number of amides is 1. The Hall–Kier alpha value is -2.73. The lowest BCUT2D eigenvalue weighted by atomic mass is 10.1. The van der Waals surface area contributed by atoms with Gasteiger partial charge in [-0.3, -0.25) is 4.79 Å². The number of benzene rings is 1. The standard InChI is InChI=1S/C19H22N4O2/c1-13(2)11-23-18-16(10-22-23)7-17(9-20-18)19(25)21-8-14-5-3-4-6-15(14)12-24/h3-7,9-10,13,24H,8,11-12H2,1-2H3,(H,21,25). The lowest BCUT2D eigenvalue weighted by Crippen LogP contribution is -2.23. The molecule has 0 atom stereocenters. The van der Waals surface area contributed by atoms with Gasteiger partial charge in [0.2, 0.25) is 0 Å². The van der Waals surface area contributed by atoms with Crippen LogP contribution in [0.2, 0.25) is 0 Å². The largest absolute Gasteiger partial charge is 0.392 e. The molecular weight excluding hydrogens is 316 g/mol. The molecule has 0 aliphatic rings.